The molecule has 30 heavy (non-hydrogen) atoms. The molecule has 0 spiro atoms. The van der Waals surface area contributed by atoms with E-state index in [1.165, 1.54) is 30.6 Å². The van der Waals surface area contributed by atoms with Gasteiger partial charge in [-0.15, -0.1) is 5.10 Å². The van der Waals surface area contributed by atoms with Gasteiger partial charge in [0.15, 0.2) is 0 Å². The molecule has 12 heteroatoms. The van der Waals surface area contributed by atoms with E-state index < -0.39 is 14.9 Å². The molecule has 0 aliphatic carbocycles. The smallest absolute Gasteiger partial charge is 0.270 e. The van der Waals surface area contributed by atoms with Gasteiger partial charge in [0, 0.05) is 22.9 Å². The van der Waals surface area contributed by atoms with Crippen molar-refractivity contribution in [1.29, 1.82) is 0 Å². The van der Waals surface area contributed by atoms with Crippen LogP contribution in [-0.4, -0.2) is 33.6 Å². The van der Waals surface area contributed by atoms with Crippen LogP contribution < -0.4 is 4.72 Å². The molecule has 10 nitrogen and oxygen atoms in total. The van der Waals surface area contributed by atoms with Gasteiger partial charge in [0.2, 0.25) is 5.16 Å². The molecule has 152 valence electrons. The number of aromatic nitrogens is 3. The van der Waals surface area contributed by atoms with E-state index in [-0.39, 0.29) is 22.0 Å². The molecule has 3 N–H and O–H groups in total. The van der Waals surface area contributed by atoms with Crippen molar-refractivity contribution in [2.45, 2.75) is 14.9 Å². The second-order valence-electron chi connectivity index (χ2n) is 6.06. The van der Waals surface area contributed by atoms with Crippen LogP contribution in [0, 0.1) is 10.1 Å². The van der Waals surface area contributed by atoms with Gasteiger partial charge in [-0.2, -0.15) is 0 Å². The molecule has 1 heterocycles. The van der Waals surface area contributed by atoms with Crippen molar-refractivity contribution in [3.63, 3.8) is 0 Å². The number of nitro groups is 1. The van der Waals surface area contributed by atoms with Gasteiger partial charge in [0.05, 0.1) is 20.4 Å². The Morgan fingerprint density at radius 2 is 1.87 bits per heavy atom. The van der Waals surface area contributed by atoms with Gasteiger partial charge in [0.1, 0.15) is 12.1 Å². The topological polar surface area (TPSA) is 151 Å². The molecule has 0 saturated carbocycles. The normalized spacial score (nSPS) is 11.5. The summed E-state index contributed by atoms with van der Waals surface area (Å²) in [6, 6.07) is 12.9. The maximum atomic E-state index is 12.9. The average molecular weight is 443 g/mol. The van der Waals surface area contributed by atoms with Crippen LogP contribution in [0.25, 0.3) is 10.8 Å². The largest absolute Gasteiger partial charge is 0.506 e. The number of sulfonamides is 1. The summed E-state index contributed by atoms with van der Waals surface area (Å²) in [5.41, 5.74) is -0.137. The molecular weight excluding hydrogens is 430 g/mol. The van der Waals surface area contributed by atoms with Crippen LogP contribution in [0.5, 0.6) is 5.75 Å². The molecule has 0 amide bonds. The highest BCUT2D eigenvalue weighted by molar-refractivity contribution is 7.99. The van der Waals surface area contributed by atoms with Crippen LogP contribution in [0.1, 0.15) is 0 Å². The summed E-state index contributed by atoms with van der Waals surface area (Å²) in [4.78, 5) is 14.4. The first-order valence-corrected chi connectivity index (χ1v) is 10.7. The van der Waals surface area contributed by atoms with Crippen LogP contribution in [0.3, 0.4) is 0 Å². The minimum absolute atomic E-state index is 0.0429. The number of benzene rings is 3. The van der Waals surface area contributed by atoms with Crippen molar-refractivity contribution in [1.82, 2.24) is 15.2 Å². The first-order chi connectivity index (χ1) is 14.3. The number of non-ortho nitro benzene ring substituents is 1. The van der Waals surface area contributed by atoms with Crippen molar-refractivity contribution < 1.29 is 18.4 Å². The van der Waals surface area contributed by atoms with Crippen molar-refractivity contribution in [2.75, 3.05) is 4.72 Å². The van der Waals surface area contributed by atoms with Crippen LogP contribution in [-0.2, 0) is 10.0 Å². The third-order valence-corrected chi connectivity index (χ3v) is 6.43. The molecule has 4 aromatic rings. The Balaban J connectivity index is 1.81. The second-order valence-corrected chi connectivity index (χ2v) is 8.75. The van der Waals surface area contributed by atoms with E-state index in [4.69, 9.17) is 0 Å². The maximum absolute atomic E-state index is 12.9. The van der Waals surface area contributed by atoms with E-state index in [2.05, 4.69) is 19.9 Å². The van der Waals surface area contributed by atoms with Crippen molar-refractivity contribution in [3.8, 4) is 5.75 Å². The average Bonchev–Trinajstić information content (AvgIpc) is 3.24. The number of H-pyrrole nitrogens is 1. The van der Waals surface area contributed by atoms with E-state index >= 15 is 0 Å². The zero-order chi connectivity index (χ0) is 21.3. The summed E-state index contributed by atoms with van der Waals surface area (Å²) >= 11 is 1.05. The number of fused-ring (bicyclic) bond motifs is 1. The minimum atomic E-state index is -4.14. The van der Waals surface area contributed by atoms with Crippen LogP contribution in [0.15, 0.2) is 75.9 Å². The van der Waals surface area contributed by atoms with E-state index in [0.29, 0.717) is 20.8 Å². The zero-order valence-electron chi connectivity index (χ0n) is 15.0. The number of rotatable bonds is 6. The summed E-state index contributed by atoms with van der Waals surface area (Å²) in [5.74, 6) is -0.0429. The molecule has 0 saturated heterocycles. The lowest BCUT2D eigenvalue weighted by Crippen LogP contribution is -2.13. The number of phenolic OH excluding ortho intramolecular Hbond substituents is 1. The van der Waals surface area contributed by atoms with Gasteiger partial charge in [0.25, 0.3) is 15.7 Å². The first-order valence-electron chi connectivity index (χ1n) is 8.41. The predicted molar refractivity (Wildman–Crippen MR) is 110 cm³/mol. The number of hydrogen-bond acceptors (Lipinski definition) is 8. The van der Waals surface area contributed by atoms with E-state index in [0.717, 1.165) is 17.8 Å². The number of nitrogens with zero attached hydrogens (tertiary/aromatic N) is 3. The molecule has 0 unspecified atom stereocenters. The Morgan fingerprint density at radius 1 is 1.10 bits per heavy atom. The highest BCUT2D eigenvalue weighted by Crippen LogP contribution is 2.42. The molecule has 0 fully saturated rings. The van der Waals surface area contributed by atoms with Gasteiger partial charge >= 0.3 is 0 Å². The third kappa shape index (κ3) is 3.77. The number of aromatic amines is 1. The summed E-state index contributed by atoms with van der Waals surface area (Å²) in [7, 11) is -4.14. The Hall–Kier alpha value is -3.64. The SMILES string of the molecule is O=[N+]([O-])c1cccc(S(=O)(=O)Nc2cc(Sc3nc[nH]n3)c(O)c3ccccc23)c1. The summed E-state index contributed by atoms with van der Waals surface area (Å²) in [5, 5.41) is 29.4. The third-order valence-electron chi connectivity index (χ3n) is 4.16. The van der Waals surface area contributed by atoms with Crippen LogP contribution in [0.2, 0.25) is 0 Å². The molecule has 0 radical (unpaired) electrons. The summed E-state index contributed by atoms with van der Waals surface area (Å²) in [6.45, 7) is 0. The summed E-state index contributed by atoms with van der Waals surface area (Å²) < 4.78 is 28.3. The molecule has 4 rings (SSSR count). The number of phenols is 1. The van der Waals surface area contributed by atoms with Gasteiger partial charge in [-0.1, -0.05) is 30.3 Å². The minimum Gasteiger partial charge on any atom is -0.506 e. The molecular formula is C18H13N5O5S2. The zero-order valence-corrected chi connectivity index (χ0v) is 16.6. The number of nitrogens with one attached hydrogen (secondary N) is 2. The molecule has 3 aromatic carbocycles. The van der Waals surface area contributed by atoms with Gasteiger partial charge in [-0.05, 0) is 23.9 Å². The summed E-state index contributed by atoms with van der Waals surface area (Å²) in [6.07, 6.45) is 1.38. The molecule has 0 aliphatic rings. The number of hydrogen-bond donors (Lipinski definition) is 3. The Morgan fingerprint density at radius 3 is 2.57 bits per heavy atom. The van der Waals surface area contributed by atoms with Gasteiger partial charge in [-0.3, -0.25) is 19.9 Å². The van der Waals surface area contributed by atoms with Gasteiger partial charge < -0.3 is 5.11 Å². The van der Waals surface area contributed by atoms with E-state index in [9.17, 15) is 23.6 Å². The Bertz CT molecular complexity index is 1360. The van der Waals surface area contributed by atoms with Gasteiger partial charge in [-0.25, -0.2) is 13.4 Å². The molecule has 1 aromatic heterocycles. The lowest BCUT2D eigenvalue weighted by molar-refractivity contribution is -0.385. The number of aromatic hydroxyl groups is 1. The van der Waals surface area contributed by atoms with Crippen molar-refractivity contribution in [2.24, 2.45) is 0 Å². The highest BCUT2D eigenvalue weighted by Gasteiger charge is 2.21. The van der Waals surface area contributed by atoms with Crippen molar-refractivity contribution in [3.05, 3.63) is 71.0 Å². The molecule has 0 bridgehead atoms. The fourth-order valence-electron chi connectivity index (χ4n) is 2.81. The van der Waals surface area contributed by atoms with Crippen molar-refractivity contribution >= 4 is 43.9 Å². The predicted octanol–water partition coefficient (Wildman–Crippen LogP) is 3.52. The molecule has 0 atom stereocenters. The van der Waals surface area contributed by atoms with Crippen LogP contribution >= 0.6 is 11.8 Å². The maximum Gasteiger partial charge on any atom is 0.270 e. The molecule has 0 aliphatic heterocycles. The Kier molecular flexibility index (Phi) is 5.01. The quantitative estimate of drug-likeness (QED) is 0.233. The standard InChI is InChI=1S/C18H13N5O5S2/c24-17-14-7-2-1-6-13(14)15(9-16(17)29-18-19-10-20-21-18)22-30(27,28)12-5-3-4-11(8-12)23(25)26/h1-10,22,24H,(H,19,20,21). The number of anilines is 1. The fraction of sp³-hybridized carbons (Fsp3) is 0. The first kappa shape index (κ1) is 19.7. The van der Waals surface area contributed by atoms with E-state index in [1.807, 2.05) is 0 Å². The lowest BCUT2D eigenvalue weighted by atomic mass is 10.1. The highest BCUT2D eigenvalue weighted by atomic mass is 32.2. The van der Waals surface area contributed by atoms with E-state index in [1.54, 1.807) is 24.3 Å². The number of nitro benzene ring substituents is 1. The monoisotopic (exact) mass is 443 g/mol. The van der Waals surface area contributed by atoms with Crippen LogP contribution in [0.4, 0.5) is 11.4 Å². The second kappa shape index (κ2) is 7.65. The Labute approximate surface area is 174 Å². The lowest BCUT2D eigenvalue weighted by Gasteiger charge is -2.14. The fourth-order valence-corrected chi connectivity index (χ4v) is 4.70.